The molecule has 1 aliphatic carbocycles. The molecule has 28 heavy (non-hydrogen) atoms. The second kappa shape index (κ2) is 6.78. The number of hydrogen-bond acceptors (Lipinski definition) is 4. The number of benzene rings is 1. The van der Waals surface area contributed by atoms with Gasteiger partial charge in [0.1, 0.15) is 6.04 Å². The molecule has 0 saturated heterocycles. The molecular weight excluding hydrogens is 358 g/mol. The maximum absolute atomic E-state index is 13.0. The maximum atomic E-state index is 13.0. The average molecular weight is 381 g/mol. The molecule has 8 nitrogen and oxygen atoms in total. The molecule has 2 atom stereocenters. The summed E-state index contributed by atoms with van der Waals surface area (Å²) in [6, 6.07) is 7.49. The summed E-state index contributed by atoms with van der Waals surface area (Å²) in [5.41, 5.74) is 2.04. The van der Waals surface area contributed by atoms with Gasteiger partial charge in [-0.05, 0) is 37.3 Å². The van der Waals surface area contributed by atoms with Gasteiger partial charge in [-0.15, -0.1) is 0 Å². The second-order valence-corrected chi connectivity index (χ2v) is 7.36. The predicted octanol–water partition coefficient (Wildman–Crippen LogP) is 1.19. The van der Waals surface area contributed by atoms with E-state index in [0.717, 1.165) is 29.4 Å². The number of aromatic nitrogens is 4. The van der Waals surface area contributed by atoms with Crippen LogP contribution in [0, 0.1) is 0 Å². The summed E-state index contributed by atoms with van der Waals surface area (Å²) in [5.74, 6) is -0.183. The fourth-order valence-corrected chi connectivity index (χ4v) is 3.98. The van der Waals surface area contributed by atoms with E-state index in [1.165, 1.54) is 23.5 Å². The lowest BCUT2D eigenvalue weighted by Crippen LogP contribution is -2.39. The van der Waals surface area contributed by atoms with Crippen LogP contribution < -0.4 is 16.6 Å². The number of rotatable bonds is 3. The Hall–Kier alpha value is -3.16. The lowest BCUT2D eigenvalue weighted by molar-refractivity contribution is -0.124. The van der Waals surface area contributed by atoms with Crippen LogP contribution in [0.5, 0.6) is 0 Å². The molecule has 1 amide bonds. The van der Waals surface area contributed by atoms with Crippen LogP contribution in [0.3, 0.4) is 0 Å². The third-order valence-electron chi connectivity index (χ3n) is 5.66. The van der Waals surface area contributed by atoms with Crippen molar-refractivity contribution in [2.45, 2.75) is 38.3 Å². The molecule has 0 bridgehead atoms. The molecule has 1 aromatic carbocycles. The number of fused-ring (bicyclic) bond motifs is 2. The zero-order chi connectivity index (χ0) is 20.0. The summed E-state index contributed by atoms with van der Waals surface area (Å²) in [7, 11) is 2.98. The third kappa shape index (κ3) is 2.76. The molecule has 4 rings (SSSR count). The van der Waals surface area contributed by atoms with Crippen LogP contribution in [-0.2, 0) is 25.3 Å². The molecule has 0 saturated carbocycles. The number of carbonyl (C=O) groups excluding carboxylic acids is 1. The molecule has 0 fully saturated rings. The van der Waals surface area contributed by atoms with Crippen molar-refractivity contribution in [2.24, 2.45) is 14.1 Å². The van der Waals surface area contributed by atoms with Crippen molar-refractivity contribution >= 4 is 17.1 Å². The van der Waals surface area contributed by atoms with E-state index in [2.05, 4.69) is 22.4 Å². The molecule has 1 aliphatic rings. The van der Waals surface area contributed by atoms with Crippen molar-refractivity contribution in [3.8, 4) is 0 Å². The smallest absolute Gasteiger partial charge is 0.332 e. The fraction of sp³-hybridized carbons (Fsp3) is 0.400. The Labute approximate surface area is 161 Å². The van der Waals surface area contributed by atoms with E-state index in [9.17, 15) is 14.4 Å². The molecule has 0 spiro atoms. The predicted molar refractivity (Wildman–Crippen MR) is 105 cm³/mol. The van der Waals surface area contributed by atoms with Crippen LogP contribution in [0.4, 0.5) is 0 Å². The minimum absolute atomic E-state index is 0.0399. The first kappa shape index (κ1) is 18.2. The lowest BCUT2D eigenvalue weighted by atomic mass is 9.87. The standard InChI is InChI=1S/C20H23N5O3/c1-12(18(26)22-15-10-6-8-13-7-4-5-9-14(13)15)25-11-21-17-16(25)19(27)24(3)20(28)23(17)2/h4-5,7,9,11-12,15H,6,8,10H2,1-3H3,(H,22,26)/t12-,15+/m1/s1. The molecular formula is C20H23N5O3. The number of nitrogens with zero attached hydrogens (tertiary/aromatic N) is 4. The normalized spacial score (nSPS) is 17.3. The first-order chi connectivity index (χ1) is 13.4. The van der Waals surface area contributed by atoms with Gasteiger partial charge in [0.2, 0.25) is 5.91 Å². The highest BCUT2D eigenvalue weighted by molar-refractivity contribution is 5.83. The van der Waals surface area contributed by atoms with Gasteiger partial charge < -0.3 is 9.88 Å². The van der Waals surface area contributed by atoms with E-state index in [-0.39, 0.29) is 23.1 Å². The zero-order valence-electron chi connectivity index (χ0n) is 16.2. The molecule has 3 aromatic rings. The Kier molecular flexibility index (Phi) is 4.41. The van der Waals surface area contributed by atoms with Crippen LogP contribution in [0.1, 0.15) is 43.0 Å². The fourth-order valence-electron chi connectivity index (χ4n) is 3.98. The Bertz CT molecular complexity index is 1190. The summed E-state index contributed by atoms with van der Waals surface area (Å²) < 4.78 is 3.89. The van der Waals surface area contributed by atoms with E-state index in [1.807, 2.05) is 12.1 Å². The van der Waals surface area contributed by atoms with Crippen molar-refractivity contribution in [1.82, 2.24) is 24.0 Å². The maximum Gasteiger partial charge on any atom is 0.332 e. The third-order valence-corrected chi connectivity index (χ3v) is 5.66. The Balaban J connectivity index is 1.68. The van der Waals surface area contributed by atoms with Gasteiger partial charge in [0.05, 0.1) is 12.4 Å². The van der Waals surface area contributed by atoms with Crippen LogP contribution in [0.2, 0.25) is 0 Å². The topological polar surface area (TPSA) is 90.9 Å². The van der Waals surface area contributed by atoms with E-state index in [0.29, 0.717) is 0 Å². The van der Waals surface area contributed by atoms with Gasteiger partial charge in [0.15, 0.2) is 11.2 Å². The van der Waals surface area contributed by atoms with Gasteiger partial charge in [0.25, 0.3) is 5.56 Å². The van der Waals surface area contributed by atoms with Gasteiger partial charge in [-0.1, -0.05) is 24.3 Å². The molecule has 146 valence electrons. The highest BCUT2D eigenvalue weighted by Crippen LogP contribution is 2.30. The number of aryl methyl sites for hydroxylation is 2. The van der Waals surface area contributed by atoms with E-state index >= 15 is 0 Å². The Morgan fingerprint density at radius 1 is 1.21 bits per heavy atom. The monoisotopic (exact) mass is 381 g/mol. The molecule has 2 aromatic heterocycles. The Morgan fingerprint density at radius 2 is 1.96 bits per heavy atom. The minimum Gasteiger partial charge on any atom is -0.347 e. The SMILES string of the molecule is C[C@H](C(=O)N[C@H]1CCCc2ccccc21)n1cnc2c1c(=O)n(C)c(=O)n2C. The summed E-state index contributed by atoms with van der Waals surface area (Å²) >= 11 is 0. The van der Waals surface area contributed by atoms with Crippen LogP contribution in [0.25, 0.3) is 11.2 Å². The van der Waals surface area contributed by atoms with Gasteiger partial charge in [-0.25, -0.2) is 9.78 Å². The van der Waals surface area contributed by atoms with Crippen LogP contribution >= 0.6 is 0 Å². The van der Waals surface area contributed by atoms with Gasteiger partial charge in [-0.2, -0.15) is 0 Å². The number of carbonyl (C=O) groups is 1. The summed E-state index contributed by atoms with van der Waals surface area (Å²) in [5, 5.41) is 3.12. The highest BCUT2D eigenvalue weighted by Gasteiger charge is 2.26. The first-order valence-electron chi connectivity index (χ1n) is 9.41. The minimum atomic E-state index is -0.635. The molecule has 0 aliphatic heterocycles. The van der Waals surface area contributed by atoms with Crippen LogP contribution in [-0.4, -0.2) is 24.6 Å². The highest BCUT2D eigenvalue weighted by atomic mass is 16.2. The number of amides is 1. The second-order valence-electron chi connectivity index (χ2n) is 7.36. The van der Waals surface area contributed by atoms with Gasteiger partial charge in [0, 0.05) is 14.1 Å². The van der Waals surface area contributed by atoms with Crippen molar-refractivity contribution in [2.75, 3.05) is 0 Å². The summed E-state index contributed by atoms with van der Waals surface area (Å²) in [4.78, 5) is 41.9. The number of imidazole rings is 1. The van der Waals surface area contributed by atoms with Crippen molar-refractivity contribution in [3.05, 3.63) is 62.6 Å². The largest absolute Gasteiger partial charge is 0.347 e. The molecule has 8 heteroatoms. The number of hydrogen-bond donors (Lipinski definition) is 1. The average Bonchev–Trinajstić information content (AvgIpc) is 3.15. The Morgan fingerprint density at radius 3 is 2.75 bits per heavy atom. The van der Waals surface area contributed by atoms with E-state index in [4.69, 9.17) is 0 Å². The molecule has 2 heterocycles. The van der Waals surface area contributed by atoms with Crippen molar-refractivity contribution < 1.29 is 4.79 Å². The van der Waals surface area contributed by atoms with Crippen molar-refractivity contribution in [3.63, 3.8) is 0 Å². The lowest BCUT2D eigenvalue weighted by Gasteiger charge is -2.27. The number of nitrogens with one attached hydrogen (secondary N) is 1. The van der Waals surface area contributed by atoms with E-state index < -0.39 is 17.3 Å². The quantitative estimate of drug-likeness (QED) is 0.738. The molecule has 0 radical (unpaired) electrons. The van der Waals surface area contributed by atoms with Crippen molar-refractivity contribution in [1.29, 1.82) is 0 Å². The first-order valence-corrected chi connectivity index (χ1v) is 9.41. The van der Waals surface area contributed by atoms with Gasteiger partial charge >= 0.3 is 5.69 Å². The van der Waals surface area contributed by atoms with Gasteiger partial charge in [-0.3, -0.25) is 18.7 Å². The van der Waals surface area contributed by atoms with E-state index in [1.54, 1.807) is 18.5 Å². The summed E-state index contributed by atoms with van der Waals surface area (Å²) in [6.07, 6.45) is 4.38. The zero-order valence-corrected chi connectivity index (χ0v) is 16.2. The molecule has 1 N–H and O–H groups in total. The summed E-state index contributed by atoms with van der Waals surface area (Å²) in [6.45, 7) is 1.73. The molecule has 0 unspecified atom stereocenters. The van der Waals surface area contributed by atoms with Crippen LogP contribution in [0.15, 0.2) is 40.2 Å².